The smallest absolute Gasteiger partial charge is 0.260 e. The molecule has 0 aliphatic rings. The van der Waals surface area contributed by atoms with Crippen LogP contribution in [0, 0.1) is 0 Å². The van der Waals surface area contributed by atoms with Crippen LogP contribution >= 0.6 is 27.5 Å². The summed E-state index contributed by atoms with van der Waals surface area (Å²) in [5.74, 6) is -0.352. The molecule has 0 aliphatic carbocycles. The van der Waals surface area contributed by atoms with Gasteiger partial charge in [0.25, 0.3) is 5.91 Å². The lowest BCUT2D eigenvalue weighted by Gasteiger charge is -2.07. The van der Waals surface area contributed by atoms with Gasteiger partial charge in [-0.05, 0) is 51.8 Å². The van der Waals surface area contributed by atoms with Gasteiger partial charge in [0.15, 0.2) is 0 Å². The van der Waals surface area contributed by atoms with Crippen molar-refractivity contribution in [3.05, 3.63) is 45.8 Å². The fraction of sp³-hybridized carbons (Fsp3) is 0. The van der Waals surface area contributed by atoms with Crippen LogP contribution in [0.2, 0.25) is 5.22 Å². The number of rotatable bonds is 2. The van der Waals surface area contributed by atoms with Gasteiger partial charge in [-0.25, -0.2) is 0 Å². The van der Waals surface area contributed by atoms with E-state index in [1.54, 1.807) is 18.2 Å². The van der Waals surface area contributed by atoms with Crippen molar-refractivity contribution in [1.82, 2.24) is 0 Å². The van der Waals surface area contributed by atoms with Gasteiger partial charge in [0.1, 0.15) is 0 Å². The minimum Gasteiger partial charge on any atom is -0.452 e. The Labute approximate surface area is 111 Å². The molecule has 0 aliphatic heterocycles. The number of nitrogens with one attached hydrogen (secondary N) is 1. The van der Waals surface area contributed by atoms with Crippen molar-refractivity contribution in [2.45, 2.75) is 0 Å². The summed E-state index contributed by atoms with van der Waals surface area (Å²) in [4.78, 5) is 11.8. The zero-order chi connectivity index (χ0) is 12.4. The van der Waals surface area contributed by atoms with Crippen LogP contribution in [0.5, 0.6) is 0 Å². The number of hydrogen-bond acceptors (Lipinski definition) is 3. The van der Waals surface area contributed by atoms with Crippen molar-refractivity contribution >= 4 is 44.8 Å². The zero-order valence-electron chi connectivity index (χ0n) is 8.54. The quantitative estimate of drug-likeness (QED) is 0.833. The number of carbonyl (C=O) groups is 1. The van der Waals surface area contributed by atoms with Crippen LogP contribution < -0.4 is 11.1 Å². The Kier molecular flexibility index (Phi) is 3.40. The second-order valence-electron chi connectivity index (χ2n) is 3.30. The predicted molar refractivity (Wildman–Crippen MR) is 70.2 cm³/mol. The predicted octanol–water partition coefficient (Wildman–Crippen LogP) is 3.53. The maximum atomic E-state index is 11.8. The average Bonchev–Trinajstić information content (AvgIpc) is 2.70. The molecular formula is C11H8BrClN2O2. The number of hydrogen-bond donors (Lipinski definition) is 2. The number of nitrogen functional groups attached to an aromatic ring is 1. The van der Waals surface area contributed by atoms with Gasteiger partial charge in [-0.2, -0.15) is 0 Å². The van der Waals surface area contributed by atoms with E-state index in [1.807, 2.05) is 0 Å². The molecule has 1 heterocycles. The summed E-state index contributed by atoms with van der Waals surface area (Å²) in [5.41, 5.74) is 7.05. The summed E-state index contributed by atoms with van der Waals surface area (Å²) in [6, 6.07) is 6.63. The number of carbonyl (C=O) groups excluding carboxylic acids is 1. The number of halogens is 2. The van der Waals surface area contributed by atoms with Crippen molar-refractivity contribution in [1.29, 1.82) is 0 Å². The van der Waals surface area contributed by atoms with E-state index in [1.165, 1.54) is 12.3 Å². The van der Waals surface area contributed by atoms with E-state index in [2.05, 4.69) is 21.2 Å². The normalized spacial score (nSPS) is 10.2. The highest BCUT2D eigenvalue weighted by Gasteiger charge is 2.14. The summed E-state index contributed by atoms with van der Waals surface area (Å²) in [5, 5.41) is 2.74. The molecule has 0 saturated heterocycles. The molecule has 4 nitrogen and oxygen atoms in total. The highest BCUT2D eigenvalue weighted by atomic mass is 79.9. The van der Waals surface area contributed by atoms with Gasteiger partial charge in [-0.15, -0.1) is 0 Å². The lowest BCUT2D eigenvalue weighted by atomic mass is 10.2. The molecule has 0 bridgehead atoms. The van der Waals surface area contributed by atoms with Gasteiger partial charge >= 0.3 is 0 Å². The van der Waals surface area contributed by atoms with E-state index in [0.717, 1.165) is 4.47 Å². The highest BCUT2D eigenvalue weighted by Crippen LogP contribution is 2.26. The molecule has 0 radical (unpaired) electrons. The molecule has 0 spiro atoms. The first kappa shape index (κ1) is 12.0. The Bertz CT molecular complexity index is 568. The van der Waals surface area contributed by atoms with E-state index in [0.29, 0.717) is 11.4 Å². The minimum atomic E-state index is -0.352. The Morgan fingerprint density at radius 2 is 2.18 bits per heavy atom. The lowest BCUT2D eigenvalue weighted by molar-refractivity contribution is 0.102. The number of furan rings is 1. The van der Waals surface area contributed by atoms with Gasteiger partial charge in [-0.1, -0.05) is 0 Å². The minimum absolute atomic E-state index is 0.0579. The topological polar surface area (TPSA) is 68.3 Å². The standard InChI is InChI=1S/C11H8BrClN2O2/c12-8-2-1-6(14)5-9(8)15-11(16)7-3-4-17-10(7)13/h1-5H,14H2,(H,15,16). The fourth-order valence-corrected chi connectivity index (χ4v) is 1.83. The SMILES string of the molecule is Nc1ccc(Br)c(NC(=O)c2ccoc2Cl)c1. The van der Waals surface area contributed by atoms with Crippen LogP contribution in [-0.2, 0) is 0 Å². The zero-order valence-corrected chi connectivity index (χ0v) is 10.9. The Morgan fingerprint density at radius 1 is 1.41 bits per heavy atom. The average molecular weight is 316 g/mol. The summed E-state index contributed by atoms with van der Waals surface area (Å²) in [7, 11) is 0. The molecule has 0 fully saturated rings. The largest absolute Gasteiger partial charge is 0.452 e. The summed E-state index contributed by atoms with van der Waals surface area (Å²) < 4.78 is 5.58. The van der Waals surface area contributed by atoms with E-state index in [-0.39, 0.29) is 16.7 Å². The van der Waals surface area contributed by atoms with Crippen molar-refractivity contribution in [3.8, 4) is 0 Å². The van der Waals surface area contributed by atoms with Gasteiger partial charge < -0.3 is 15.5 Å². The first-order chi connectivity index (χ1) is 8.08. The van der Waals surface area contributed by atoms with E-state index in [4.69, 9.17) is 21.8 Å². The molecular weight excluding hydrogens is 307 g/mol. The number of anilines is 2. The van der Waals surface area contributed by atoms with Crippen LogP contribution in [0.1, 0.15) is 10.4 Å². The molecule has 1 aromatic carbocycles. The summed E-state index contributed by atoms with van der Waals surface area (Å²) in [6.45, 7) is 0. The van der Waals surface area contributed by atoms with E-state index >= 15 is 0 Å². The molecule has 3 N–H and O–H groups in total. The molecule has 6 heteroatoms. The highest BCUT2D eigenvalue weighted by molar-refractivity contribution is 9.10. The van der Waals surface area contributed by atoms with Crippen molar-refractivity contribution in [2.24, 2.45) is 0 Å². The second kappa shape index (κ2) is 4.81. The molecule has 88 valence electrons. The number of benzene rings is 1. The molecule has 2 aromatic rings. The van der Waals surface area contributed by atoms with Crippen molar-refractivity contribution in [2.75, 3.05) is 11.1 Å². The van der Waals surface area contributed by atoms with Crippen molar-refractivity contribution < 1.29 is 9.21 Å². The van der Waals surface area contributed by atoms with E-state index < -0.39 is 0 Å². The first-order valence-corrected chi connectivity index (χ1v) is 5.84. The molecule has 0 saturated carbocycles. The fourth-order valence-electron chi connectivity index (χ4n) is 1.28. The molecule has 1 aromatic heterocycles. The van der Waals surface area contributed by atoms with E-state index in [9.17, 15) is 4.79 Å². The van der Waals surface area contributed by atoms with Crippen molar-refractivity contribution in [3.63, 3.8) is 0 Å². The van der Waals surface area contributed by atoms with Gasteiger partial charge in [0.05, 0.1) is 17.5 Å². The Balaban J connectivity index is 2.24. The van der Waals surface area contributed by atoms with Crippen LogP contribution in [0.3, 0.4) is 0 Å². The van der Waals surface area contributed by atoms with Crippen LogP contribution in [0.15, 0.2) is 39.4 Å². The first-order valence-electron chi connectivity index (χ1n) is 4.67. The third-order valence-corrected chi connectivity index (χ3v) is 3.09. The number of amides is 1. The third-order valence-electron chi connectivity index (χ3n) is 2.10. The second-order valence-corrected chi connectivity index (χ2v) is 4.50. The molecule has 0 atom stereocenters. The third kappa shape index (κ3) is 2.62. The maximum absolute atomic E-state index is 11.8. The Morgan fingerprint density at radius 3 is 2.82 bits per heavy atom. The molecule has 1 amide bonds. The molecule has 0 unspecified atom stereocenters. The van der Waals surface area contributed by atoms with Gasteiger partial charge in [-0.3, -0.25) is 4.79 Å². The summed E-state index contributed by atoms with van der Waals surface area (Å²) >= 11 is 9.02. The van der Waals surface area contributed by atoms with Crippen LogP contribution in [-0.4, -0.2) is 5.91 Å². The van der Waals surface area contributed by atoms with Crippen LogP contribution in [0.25, 0.3) is 0 Å². The Hall–Kier alpha value is -1.46. The molecule has 2 rings (SSSR count). The number of nitrogens with two attached hydrogens (primary N) is 1. The van der Waals surface area contributed by atoms with Gasteiger partial charge in [0.2, 0.25) is 5.22 Å². The lowest BCUT2D eigenvalue weighted by Crippen LogP contribution is -2.12. The van der Waals surface area contributed by atoms with Crippen LogP contribution in [0.4, 0.5) is 11.4 Å². The maximum Gasteiger partial charge on any atom is 0.260 e. The molecule has 17 heavy (non-hydrogen) atoms. The van der Waals surface area contributed by atoms with Gasteiger partial charge in [0, 0.05) is 10.2 Å². The monoisotopic (exact) mass is 314 g/mol. The summed E-state index contributed by atoms with van der Waals surface area (Å²) in [6.07, 6.45) is 1.35.